The first-order valence-corrected chi connectivity index (χ1v) is 13.5. The predicted octanol–water partition coefficient (Wildman–Crippen LogP) is 2.95. The Morgan fingerprint density at radius 1 is 0.912 bits per heavy atom. The van der Waals surface area contributed by atoms with Crippen LogP contribution in [0.4, 0.5) is 0 Å². The van der Waals surface area contributed by atoms with E-state index >= 15 is 0 Å². The van der Waals surface area contributed by atoms with Crippen LogP contribution in [0.15, 0.2) is 0 Å². The van der Waals surface area contributed by atoms with Gasteiger partial charge in [-0.25, -0.2) is 0 Å². The highest BCUT2D eigenvalue weighted by Crippen LogP contribution is 2.68. The predicted molar refractivity (Wildman–Crippen MR) is 128 cm³/mol. The molecule has 194 valence electrons. The third-order valence-corrected chi connectivity index (χ3v) is 11.1. The highest BCUT2D eigenvalue weighted by atomic mass is 16.4. The summed E-state index contributed by atoms with van der Waals surface area (Å²) in [6, 6.07) is -0.878. The molecule has 5 N–H and O–H groups in total. The molecular formula is C27H45NO6. The Balaban J connectivity index is 1.46. The van der Waals surface area contributed by atoms with Crippen molar-refractivity contribution in [3.63, 3.8) is 0 Å². The minimum absolute atomic E-state index is 0.0352. The third-order valence-electron chi connectivity index (χ3n) is 11.1. The second-order valence-electron chi connectivity index (χ2n) is 12.7. The molecule has 0 aromatic rings. The SMILES string of the molecule is C[C@H](CCC(=O)N[C@H](C)C(=O)O)[C@H]1CC[C@H]2[C@@H]3[C@@H](O)[C@H](O)[C@@H]4C[C@H](O)CC[C@]4(C)[C@H]3CC[C@]12C. The van der Waals surface area contributed by atoms with Crippen molar-refractivity contribution in [2.24, 2.45) is 46.3 Å². The van der Waals surface area contributed by atoms with Crippen LogP contribution in [-0.4, -0.2) is 56.7 Å². The fourth-order valence-corrected chi connectivity index (χ4v) is 9.15. The average molecular weight is 480 g/mol. The fourth-order valence-electron chi connectivity index (χ4n) is 9.15. The quantitative estimate of drug-likeness (QED) is 0.399. The minimum atomic E-state index is -1.03. The van der Waals surface area contributed by atoms with Crippen molar-refractivity contribution in [2.45, 2.75) is 110 Å². The second kappa shape index (κ2) is 9.36. The molecule has 0 aromatic heterocycles. The fraction of sp³-hybridized carbons (Fsp3) is 0.926. The lowest BCUT2D eigenvalue weighted by Gasteiger charge is -2.63. The summed E-state index contributed by atoms with van der Waals surface area (Å²) in [5.41, 5.74) is 0.0377. The number of fused-ring (bicyclic) bond motifs is 5. The number of carboxylic acid groups (broad SMARTS) is 1. The topological polar surface area (TPSA) is 127 Å². The first kappa shape index (κ1) is 25.9. The van der Waals surface area contributed by atoms with Gasteiger partial charge in [0.15, 0.2) is 0 Å². The van der Waals surface area contributed by atoms with E-state index in [1.54, 1.807) is 0 Å². The number of hydrogen-bond donors (Lipinski definition) is 5. The number of aliphatic carboxylic acids is 1. The minimum Gasteiger partial charge on any atom is -0.480 e. The Labute approximate surface area is 203 Å². The number of aliphatic hydroxyl groups is 3. The maximum Gasteiger partial charge on any atom is 0.325 e. The van der Waals surface area contributed by atoms with E-state index < -0.39 is 24.2 Å². The molecule has 34 heavy (non-hydrogen) atoms. The molecule has 7 nitrogen and oxygen atoms in total. The molecule has 0 unspecified atom stereocenters. The molecule has 0 aliphatic heterocycles. The van der Waals surface area contributed by atoms with Crippen molar-refractivity contribution in [3.05, 3.63) is 0 Å². The van der Waals surface area contributed by atoms with Crippen molar-refractivity contribution < 1.29 is 30.0 Å². The normalized spacial score (nSPS) is 47.6. The molecule has 0 heterocycles. The van der Waals surface area contributed by atoms with Gasteiger partial charge < -0.3 is 25.7 Å². The molecule has 4 rings (SSSR count). The Bertz CT molecular complexity index is 789. The van der Waals surface area contributed by atoms with Gasteiger partial charge in [-0.05, 0) is 105 Å². The van der Waals surface area contributed by atoms with Gasteiger partial charge in [-0.15, -0.1) is 0 Å². The third kappa shape index (κ3) is 4.20. The molecule has 4 aliphatic carbocycles. The van der Waals surface area contributed by atoms with Gasteiger partial charge in [-0.2, -0.15) is 0 Å². The van der Waals surface area contributed by atoms with Crippen molar-refractivity contribution in [3.8, 4) is 0 Å². The van der Waals surface area contributed by atoms with E-state index in [4.69, 9.17) is 5.11 Å². The lowest BCUT2D eigenvalue weighted by atomic mass is 9.43. The van der Waals surface area contributed by atoms with E-state index in [-0.39, 0.29) is 34.7 Å². The number of rotatable bonds is 6. The molecule has 0 aromatic carbocycles. The number of hydrogen-bond acceptors (Lipinski definition) is 5. The Kier molecular flexibility index (Phi) is 7.13. The van der Waals surface area contributed by atoms with Crippen molar-refractivity contribution >= 4 is 11.9 Å². The zero-order valence-corrected chi connectivity index (χ0v) is 21.2. The zero-order valence-electron chi connectivity index (χ0n) is 21.2. The molecule has 0 bridgehead atoms. The first-order chi connectivity index (χ1) is 15.9. The van der Waals surface area contributed by atoms with E-state index in [2.05, 4.69) is 26.1 Å². The number of amides is 1. The largest absolute Gasteiger partial charge is 0.480 e. The number of carboxylic acids is 1. The Morgan fingerprint density at radius 3 is 2.24 bits per heavy atom. The smallest absolute Gasteiger partial charge is 0.325 e. The van der Waals surface area contributed by atoms with E-state index in [1.165, 1.54) is 6.92 Å². The summed E-state index contributed by atoms with van der Waals surface area (Å²) >= 11 is 0. The molecule has 4 aliphatic rings. The summed E-state index contributed by atoms with van der Waals surface area (Å²) in [6.45, 7) is 8.36. The van der Waals surface area contributed by atoms with Gasteiger partial charge in [0, 0.05) is 6.42 Å². The first-order valence-electron chi connectivity index (χ1n) is 13.5. The lowest BCUT2D eigenvalue weighted by Crippen LogP contribution is -2.64. The van der Waals surface area contributed by atoms with E-state index in [1.807, 2.05) is 0 Å². The molecule has 12 atom stereocenters. The van der Waals surface area contributed by atoms with E-state index in [0.717, 1.165) is 44.9 Å². The summed E-state index contributed by atoms with van der Waals surface area (Å²) in [5.74, 6) is 0.312. The Morgan fingerprint density at radius 2 is 1.56 bits per heavy atom. The summed E-state index contributed by atoms with van der Waals surface area (Å²) in [4.78, 5) is 23.3. The van der Waals surface area contributed by atoms with Gasteiger partial charge in [0.1, 0.15) is 6.04 Å². The van der Waals surface area contributed by atoms with E-state index in [9.17, 15) is 24.9 Å². The molecule has 4 saturated carbocycles. The zero-order chi connectivity index (χ0) is 25.0. The summed E-state index contributed by atoms with van der Waals surface area (Å²) < 4.78 is 0. The van der Waals surface area contributed by atoms with Gasteiger partial charge in [-0.3, -0.25) is 9.59 Å². The lowest BCUT2D eigenvalue weighted by molar-refractivity contribution is -0.223. The van der Waals surface area contributed by atoms with Crippen LogP contribution in [-0.2, 0) is 9.59 Å². The van der Waals surface area contributed by atoms with Crippen LogP contribution in [0.2, 0.25) is 0 Å². The molecule has 1 amide bonds. The van der Waals surface area contributed by atoms with Gasteiger partial charge >= 0.3 is 5.97 Å². The van der Waals surface area contributed by atoms with Crippen LogP contribution < -0.4 is 5.32 Å². The van der Waals surface area contributed by atoms with Crippen LogP contribution >= 0.6 is 0 Å². The monoisotopic (exact) mass is 479 g/mol. The maximum atomic E-state index is 12.2. The van der Waals surface area contributed by atoms with Crippen LogP contribution in [0.1, 0.15) is 85.5 Å². The van der Waals surface area contributed by atoms with Crippen LogP contribution in [0.3, 0.4) is 0 Å². The summed E-state index contributed by atoms with van der Waals surface area (Å²) in [5, 5.41) is 44.4. The van der Waals surface area contributed by atoms with Gasteiger partial charge in [-0.1, -0.05) is 20.8 Å². The molecular weight excluding hydrogens is 434 g/mol. The van der Waals surface area contributed by atoms with Gasteiger partial charge in [0.2, 0.25) is 5.91 Å². The van der Waals surface area contributed by atoms with Crippen LogP contribution in [0, 0.1) is 46.3 Å². The summed E-state index contributed by atoms with van der Waals surface area (Å²) in [7, 11) is 0. The average Bonchev–Trinajstić information content (AvgIpc) is 3.13. The van der Waals surface area contributed by atoms with Crippen LogP contribution in [0.25, 0.3) is 0 Å². The number of nitrogens with one attached hydrogen (secondary N) is 1. The molecule has 7 heteroatoms. The Hall–Kier alpha value is -1.18. The standard InChI is InChI=1S/C27H45NO6/c1-14(5-8-21(30)28-15(2)25(33)34)17-6-7-18-22-19(10-12-26(17,18)3)27(4)11-9-16(29)13-20(27)23(31)24(22)32/h14-20,22-24,29,31-32H,5-13H2,1-4H3,(H,28,30)(H,33,34)/t14-,15-,16-,17-,18+,19+,20+,22+,23-,24-,26-,27-/m1/s1. The van der Waals surface area contributed by atoms with E-state index in [0.29, 0.717) is 36.5 Å². The highest BCUT2D eigenvalue weighted by molar-refractivity contribution is 5.83. The van der Waals surface area contributed by atoms with Crippen molar-refractivity contribution in [1.82, 2.24) is 5.32 Å². The maximum absolute atomic E-state index is 12.2. The van der Waals surface area contributed by atoms with Crippen molar-refractivity contribution in [2.75, 3.05) is 0 Å². The number of aliphatic hydroxyl groups excluding tert-OH is 3. The van der Waals surface area contributed by atoms with Gasteiger partial charge in [0.25, 0.3) is 0 Å². The molecule has 0 spiro atoms. The molecule has 0 radical (unpaired) electrons. The number of carbonyl (C=O) groups excluding carboxylic acids is 1. The molecule has 0 saturated heterocycles. The second-order valence-corrected chi connectivity index (χ2v) is 12.7. The van der Waals surface area contributed by atoms with Gasteiger partial charge in [0.05, 0.1) is 18.3 Å². The highest BCUT2D eigenvalue weighted by Gasteiger charge is 2.65. The van der Waals surface area contributed by atoms with Crippen LogP contribution in [0.5, 0.6) is 0 Å². The molecule has 4 fully saturated rings. The summed E-state index contributed by atoms with van der Waals surface area (Å²) in [6.07, 6.45) is 5.69. The van der Waals surface area contributed by atoms with Crippen molar-refractivity contribution in [1.29, 1.82) is 0 Å². The number of carbonyl (C=O) groups is 2.